The molecule has 1 fully saturated rings. The van der Waals surface area contributed by atoms with Crippen molar-refractivity contribution in [1.29, 1.82) is 0 Å². The Morgan fingerprint density at radius 2 is 2.17 bits per heavy atom. The van der Waals surface area contributed by atoms with E-state index >= 15 is 0 Å². The van der Waals surface area contributed by atoms with E-state index in [1.165, 1.54) is 11.1 Å². The summed E-state index contributed by atoms with van der Waals surface area (Å²) in [6.45, 7) is 6.67. The summed E-state index contributed by atoms with van der Waals surface area (Å²) in [7, 11) is 0. The number of amides is 1. The Morgan fingerprint density at radius 3 is 2.96 bits per heavy atom. The summed E-state index contributed by atoms with van der Waals surface area (Å²) < 4.78 is 0. The molecule has 1 saturated heterocycles. The molecule has 0 aliphatic carbocycles. The quantitative estimate of drug-likeness (QED) is 0.914. The summed E-state index contributed by atoms with van der Waals surface area (Å²) in [6, 6.07) is 10.6. The summed E-state index contributed by atoms with van der Waals surface area (Å²) in [5.41, 5.74) is 3.43. The molecule has 3 rings (SSSR count). The van der Waals surface area contributed by atoms with E-state index in [0.717, 1.165) is 50.0 Å². The highest BCUT2D eigenvalue weighted by molar-refractivity contribution is 5.92. The summed E-state index contributed by atoms with van der Waals surface area (Å²) in [4.78, 5) is 19.4. The average Bonchev–Trinajstić information content (AvgIpc) is 2.61. The van der Waals surface area contributed by atoms with E-state index in [1.54, 1.807) is 0 Å². The Bertz CT molecular complexity index is 713. The van der Waals surface area contributed by atoms with Crippen LogP contribution in [0.2, 0.25) is 0 Å². The molecular formula is C20H27N3O. The van der Waals surface area contributed by atoms with Gasteiger partial charge in [0.2, 0.25) is 5.91 Å². The molecule has 0 spiro atoms. The number of carbonyl (C=O) groups excluding carboxylic acids is 1. The normalized spacial score (nSPS) is 17.9. The van der Waals surface area contributed by atoms with Gasteiger partial charge in [-0.05, 0) is 38.3 Å². The molecule has 4 heteroatoms. The van der Waals surface area contributed by atoms with Crippen molar-refractivity contribution in [3.63, 3.8) is 0 Å². The lowest BCUT2D eigenvalue weighted by atomic mass is 9.96. The highest BCUT2D eigenvalue weighted by atomic mass is 16.1. The van der Waals surface area contributed by atoms with Crippen LogP contribution in [0.4, 0.5) is 5.69 Å². The number of pyridine rings is 1. The maximum atomic E-state index is 12.3. The predicted molar refractivity (Wildman–Crippen MR) is 99.4 cm³/mol. The van der Waals surface area contributed by atoms with Crippen molar-refractivity contribution in [3.05, 3.63) is 36.0 Å². The first kappa shape index (κ1) is 16.7. The van der Waals surface area contributed by atoms with Crippen LogP contribution in [-0.4, -0.2) is 30.5 Å². The van der Waals surface area contributed by atoms with Crippen LogP contribution in [0.5, 0.6) is 0 Å². The highest BCUT2D eigenvalue weighted by Gasteiger charge is 2.26. The molecule has 1 aliphatic rings. The molecule has 1 N–H and O–H groups in total. The largest absolute Gasteiger partial charge is 0.370 e. The summed E-state index contributed by atoms with van der Waals surface area (Å²) in [5, 5.41) is 4.17. The second-order valence-corrected chi connectivity index (χ2v) is 6.58. The number of anilines is 1. The Morgan fingerprint density at radius 1 is 1.33 bits per heavy atom. The minimum Gasteiger partial charge on any atom is -0.370 e. The molecule has 0 bridgehead atoms. The number of hydrogen-bond acceptors (Lipinski definition) is 3. The molecule has 2 aromatic rings. The fourth-order valence-electron chi connectivity index (χ4n) is 3.58. The highest BCUT2D eigenvalue weighted by Crippen LogP contribution is 2.30. The number of para-hydroxylation sites is 1. The third kappa shape index (κ3) is 3.53. The van der Waals surface area contributed by atoms with Crippen LogP contribution in [-0.2, 0) is 11.2 Å². The lowest BCUT2D eigenvalue weighted by Crippen LogP contribution is -2.43. The van der Waals surface area contributed by atoms with E-state index in [0.29, 0.717) is 6.54 Å². The van der Waals surface area contributed by atoms with Gasteiger partial charge < -0.3 is 10.2 Å². The van der Waals surface area contributed by atoms with Gasteiger partial charge >= 0.3 is 0 Å². The maximum absolute atomic E-state index is 12.3. The zero-order chi connectivity index (χ0) is 16.9. The van der Waals surface area contributed by atoms with Crippen molar-refractivity contribution in [1.82, 2.24) is 10.3 Å². The Hall–Kier alpha value is -2.10. The molecule has 4 nitrogen and oxygen atoms in total. The zero-order valence-electron chi connectivity index (χ0n) is 14.7. The Balaban J connectivity index is 1.93. The first-order valence-corrected chi connectivity index (χ1v) is 9.14. The van der Waals surface area contributed by atoms with Gasteiger partial charge in [0, 0.05) is 36.4 Å². The lowest BCUT2D eigenvalue weighted by Gasteiger charge is -2.34. The van der Waals surface area contributed by atoms with Crippen LogP contribution in [0.3, 0.4) is 0 Å². The number of aromatic nitrogens is 1. The Labute approximate surface area is 144 Å². The summed E-state index contributed by atoms with van der Waals surface area (Å²) in [6.07, 6.45) is 4.12. The van der Waals surface area contributed by atoms with Gasteiger partial charge in [-0.3, -0.25) is 9.78 Å². The predicted octanol–water partition coefficient (Wildman–Crippen LogP) is 3.54. The molecule has 1 atom stereocenters. The SMILES string of the molecule is CCCc1cc(N2CCCC(C(=O)NCC)C2)c2ccccc2n1. The third-order valence-electron chi connectivity index (χ3n) is 4.74. The standard InChI is InChI=1S/C20H27N3O/c1-3-8-16-13-19(17-10-5-6-11-18(17)22-16)23-12-7-9-15(14-23)20(24)21-4-2/h5-6,10-11,13,15H,3-4,7-9,12,14H2,1-2H3,(H,21,24). The third-order valence-corrected chi connectivity index (χ3v) is 4.74. The molecule has 1 amide bonds. The summed E-state index contributed by atoms with van der Waals surface area (Å²) >= 11 is 0. The van der Waals surface area contributed by atoms with Gasteiger partial charge in [-0.25, -0.2) is 0 Å². The van der Waals surface area contributed by atoms with E-state index in [1.807, 2.05) is 13.0 Å². The number of fused-ring (bicyclic) bond motifs is 1. The number of hydrogen-bond donors (Lipinski definition) is 1. The Kier molecular flexibility index (Phi) is 5.34. The molecule has 1 aliphatic heterocycles. The van der Waals surface area contributed by atoms with Crippen LogP contribution in [0.25, 0.3) is 10.9 Å². The number of piperidine rings is 1. The minimum atomic E-state index is 0.0836. The molecule has 1 aromatic heterocycles. The van der Waals surface area contributed by atoms with Crippen molar-refractivity contribution < 1.29 is 4.79 Å². The van der Waals surface area contributed by atoms with Crippen molar-refractivity contribution in [2.24, 2.45) is 5.92 Å². The van der Waals surface area contributed by atoms with Crippen molar-refractivity contribution in [2.45, 2.75) is 39.5 Å². The molecule has 1 aromatic carbocycles. The van der Waals surface area contributed by atoms with Gasteiger partial charge in [-0.15, -0.1) is 0 Å². The molecular weight excluding hydrogens is 298 g/mol. The lowest BCUT2D eigenvalue weighted by molar-refractivity contribution is -0.125. The fraction of sp³-hybridized carbons (Fsp3) is 0.500. The minimum absolute atomic E-state index is 0.0836. The zero-order valence-corrected chi connectivity index (χ0v) is 14.7. The van der Waals surface area contributed by atoms with Gasteiger partial charge in [0.05, 0.1) is 11.4 Å². The first-order chi connectivity index (χ1) is 11.7. The first-order valence-electron chi connectivity index (χ1n) is 9.14. The van der Waals surface area contributed by atoms with Crippen molar-refractivity contribution >= 4 is 22.5 Å². The van der Waals surface area contributed by atoms with Crippen LogP contribution >= 0.6 is 0 Å². The van der Waals surface area contributed by atoms with Gasteiger partial charge in [0.1, 0.15) is 0 Å². The van der Waals surface area contributed by atoms with Gasteiger partial charge in [-0.1, -0.05) is 31.5 Å². The monoisotopic (exact) mass is 325 g/mol. The summed E-state index contributed by atoms with van der Waals surface area (Å²) in [5.74, 6) is 0.273. The van der Waals surface area contributed by atoms with Crippen LogP contribution in [0, 0.1) is 5.92 Å². The van der Waals surface area contributed by atoms with Crippen LogP contribution in [0.1, 0.15) is 38.8 Å². The molecule has 1 unspecified atom stereocenters. The maximum Gasteiger partial charge on any atom is 0.224 e. The van der Waals surface area contributed by atoms with Crippen LogP contribution in [0.15, 0.2) is 30.3 Å². The van der Waals surface area contributed by atoms with E-state index < -0.39 is 0 Å². The van der Waals surface area contributed by atoms with Crippen molar-refractivity contribution in [2.75, 3.05) is 24.5 Å². The number of aryl methyl sites for hydroxylation is 1. The van der Waals surface area contributed by atoms with Gasteiger partial charge in [0.25, 0.3) is 0 Å². The second kappa shape index (κ2) is 7.65. The molecule has 128 valence electrons. The smallest absolute Gasteiger partial charge is 0.224 e. The number of nitrogens with one attached hydrogen (secondary N) is 1. The molecule has 2 heterocycles. The molecule has 0 saturated carbocycles. The second-order valence-electron chi connectivity index (χ2n) is 6.58. The number of nitrogens with zero attached hydrogens (tertiary/aromatic N) is 2. The van der Waals surface area contributed by atoms with E-state index in [9.17, 15) is 4.79 Å². The van der Waals surface area contributed by atoms with Crippen molar-refractivity contribution in [3.8, 4) is 0 Å². The van der Waals surface area contributed by atoms with Gasteiger partial charge in [0.15, 0.2) is 0 Å². The van der Waals surface area contributed by atoms with E-state index in [4.69, 9.17) is 4.98 Å². The number of rotatable bonds is 5. The molecule has 0 radical (unpaired) electrons. The van der Waals surface area contributed by atoms with Crippen LogP contribution < -0.4 is 10.2 Å². The number of benzene rings is 1. The fourth-order valence-corrected chi connectivity index (χ4v) is 3.58. The van der Waals surface area contributed by atoms with Gasteiger partial charge in [-0.2, -0.15) is 0 Å². The van der Waals surface area contributed by atoms with E-state index in [2.05, 4.69) is 41.4 Å². The average molecular weight is 325 g/mol. The van der Waals surface area contributed by atoms with E-state index in [-0.39, 0.29) is 11.8 Å². The molecule has 24 heavy (non-hydrogen) atoms. The number of carbonyl (C=O) groups is 1. The topological polar surface area (TPSA) is 45.2 Å².